The van der Waals surface area contributed by atoms with Crippen LogP contribution < -0.4 is 0 Å². The summed E-state index contributed by atoms with van der Waals surface area (Å²) in [6.07, 6.45) is 0. The molecule has 0 unspecified atom stereocenters. The molecule has 0 aliphatic heterocycles. The third-order valence-corrected chi connectivity index (χ3v) is 3.48. The van der Waals surface area contributed by atoms with Crippen molar-refractivity contribution in [3.05, 3.63) is 28.9 Å². The molecule has 13 heavy (non-hydrogen) atoms. The molecule has 2 aromatic rings. The van der Waals surface area contributed by atoms with Crippen LogP contribution in [0.25, 0.3) is 10.1 Å². The highest BCUT2D eigenvalue weighted by atomic mass is 32.1. The molecule has 1 nitrogen and oxygen atoms in total. The fourth-order valence-electron chi connectivity index (χ4n) is 1.27. The number of rotatable bonds is 1. The molecule has 0 aliphatic carbocycles. The summed E-state index contributed by atoms with van der Waals surface area (Å²) in [5, 5.41) is 11.2. The van der Waals surface area contributed by atoms with Crippen LogP contribution in [0.3, 0.4) is 0 Å². The van der Waals surface area contributed by atoms with Crippen molar-refractivity contribution < 1.29 is 9.50 Å². The molecule has 1 heterocycles. The maximum atomic E-state index is 13.3. The third-order valence-electron chi connectivity index (χ3n) is 1.90. The molecule has 0 atom stereocenters. The van der Waals surface area contributed by atoms with Crippen LogP contribution in [-0.2, 0) is 6.61 Å². The smallest absolute Gasteiger partial charge is 0.132 e. The molecule has 0 spiro atoms. The van der Waals surface area contributed by atoms with Gasteiger partial charge in [0, 0.05) is 10.3 Å². The maximum Gasteiger partial charge on any atom is 0.132 e. The van der Waals surface area contributed by atoms with Crippen molar-refractivity contribution in [2.75, 3.05) is 0 Å². The SMILES string of the molecule is OCc1csc2c(S)ccc(F)c12. The lowest BCUT2D eigenvalue weighted by atomic mass is 10.2. The second kappa shape index (κ2) is 3.29. The van der Waals surface area contributed by atoms with Crippen LogP contribution in [0.15, 0.2) is 22.4 Å². The normalized spacial score (nSPS) is 11.0. The van der Waals surface area contributed by atoms with Gasteiger partial charge in [-0.2, -0.15) is 0 Å². The zero-order valence-electron chi connectivity index (χ0n) is 6.62. The zero-order valence-corrected chi connectivity index (χ0v) is 8.33. The Morgan fingerprint density at radius 2 is 2.23 bits per heavy atom. The van der Waals surface area contributed by atoms with Crippen LogP contribution in [0.5, 0.6) is 0 Å². The van der Waals surface area contributed by atoms with Gasteiger partial charge in [0.1, 0.15) is 5.82 Å². The molecular formula is C9H7FOS2. The van der Waals surface area contributed by atoms with Crippen LogP contribution in [0.4, 0.5) is 4.39 Å². The Hall–Kier alpha value is -0.580. The van der Waals surface area contributed by atoms with Crippen molar-refractivity contribution in [2.24, 2.45) is 0 Å². The monoisotopic (exact) mass is 214 g/mol. The van der Waals surface area contributed by atoms with Crippen LogP contribution in [-0.4, -0.2) is 5.11 Å². The Kier molecular flexibility index (Phi) is 2.27. The van der Waals surface area contributed by atoms with Gasteiger partial charge in [0.05, 0.1) is 11.3 Å². The van der Waals surface area contributed by atoms with Gasteiger partial charge >= 0.3 is 0 Å². The van der Waals surface area contributed by atoms with E-state index in [1.54, 1.807) is 11.4 Å². The standard InChI is InChI=1S/C9H7FOS2/c10-6-1-2-7(12)9-8(6)5(3-11)4-13-9/h1-2,4,11-12H,3H2. The molecule has 1 aromatic carbocycles. The fourth-order valence-corrected chi connectivity index (χ4v) is 2.60. The number of hydrogen-bond donors (Lipinski definition) is 2. The van der Waals surface area contributed by atoms with Gasteiger partial charge in [0.2, 0.25) is 0 Å². The summed E-state index contributed by atoms with van der Waals surface area (Å²) in [5.41, 5.74) is 0.633. The molecular weight excluding hydrogens is 207 g/mol. The van der Waals surface area contributed by atoms with E-state index < -0.39 is 0 Å². The van der Waals surface area contributed by atoms with E-state index in [9.17, 15) is 4.39 Å². The maximum absolute atomic E-state index is 13.3. The minimum absolute atomic E-state index is 0.131. The second-order valence-corrected chi connectivity index (χ2v) is 4.05. The van der Waals surface area contributed by atoms with E-state index in [2.05, 4.69) is 12.6 Å². The molecule has 68 valence electrons. The van der Waals surface area contributed by atoms with Crippen LogP contribution in [0, 0.1) is 5.82 Å². The lowest BCUT2D eigenvalue weighted by Crippen LogP contribution is -1.83. The summed E-state index contributed by atoms with van der Waals surface area (Å²) < 4.78 is 14.1. The van der Waals surface area contributed by atoms with Crippen LogP contribution >= 0.6 is 24.0 Å². The highest BCUT2D eigenvalue weighted by Gasteiger charge is 2.10. The molecule has 0 amide bonds. The van der Waals surface area contributed by atoms with Crippen LogP contribution in [0.2, 0.25) is 0 Å². The van der Waals surface area contributed by atoms with E-state index in [-0.39, 0.29) is 12.4 Å². The number of aliphatic hydroxyl groups excluding tert-OH is 1. The quantitative estimate of drug-likeness (QED) is 0.699. The molecule has 0 bridgehead atoms. The first kappa shape index (κ1) is 8.99. The lowest BCUT2D eigenvalue weighted by Gasteiger charge is -1.98. The zero-order chi connectivity index (χ0) is 9.42. The molecule has 0 saturated heterocycles. The molecule has 0 radical (unpaired) electrons. The first-order valence-electron chi connectivity index (χ1n) is 3.72. The summed E-state index contributed by atoms with van der Waals surface area (Å²) in [4.78, 5) is 0.751. The average molecular weight is 214 g/mol. The van der Waals surface area contributed by atoms with E-state index >= 15 is 0 Å². The first-order valence-corrected chi connectivity index (χ1v) is 5.05. The largest absolute Gasteiger partial charge is 0.392 e. The van der Waals surface area contributed by atoms with Crippen molar-refractivity contribution in [3.63, 3.8) is 0 Å². The minimum Gasteiger partial charge on any atom is -0.392 e. The Bertz CT molecular complexity index is 450. The third kappa shape index (κ3) is 1.35. The fraction of sp³-hybridized carbons (Fsp3) is 0.111. The van der Waals surface area contributed by atoms with Gasteiger partial charge in [-0.25, -0.2) is 4.39 Å². The Balaban J connectivity index is 2.87. The number of benzene rings is 1. The number of fused-ring (bicyclic) bond motifs is 1. The minimum atomic E-state index is -0.293. The predicted molar refractivity (Wildman–Crippen MR) is 55.0 cm³/mol. The van der Waals surface area contributed by atoms with Crippen molar-refractivity contribution in [1.29, 1.82) is 0 Å². The molecule has 4 heteroatoms. The van der Waals surface area contributed by atoms with Gasteiger partial charge in [0.15, 0.2) is 0 Å². The van der Waals surface area contributed by atoms with Gasteiger partial charge in [0.25, 0.3) is 0 Å². The van der Waals surface area contributed by atoms with E-state index in [1.165, 1.54) is 17.4 Å². The number of thiophene rings is 1. The molecule has 1 aromatic heterocycles. The topological polar surface area (TPSA) is 20.2 Å². The molecule has 0 saturated carbocycles. The second-order valence-electron chi connectivity index (χ2n) is 2.69. The van der Waals surface area contributed by atoms with Gasteiger partial charge < -0.3 is 5.11 Å². The van der Waals surface area contributed by atoms with Gasteiger partial charge in [-0.3, -0.25) is 0 Å². The Labute approximate surface area is 84.2 Å². The summed E-state index contributed by atoms with van der Waals surface area (Å²) in [6.45, 7) is -0.131. The van der Waals surface area contributed by atoms with Crippen molar-refractivity contribution in [3.8, 4) is 0 Å². The highest BCUT2D eigenvalue weighted by Crippen LogP contribution is 2.32. The lowest BCUT2D eigenvalue weighted by molar-refractivity contribution is 0.283. The Morgan fingerprint density at radius 3 is 2.92 bits per heavy atom. The molecule has 2 rings (SSSR count). The molecule has 0 aliphatic rings. The van der Waals surface area contributed by atoms with Crippen molar-refractivity contribution in [2.45, 2.75) is 11.5 Å². The summed E-state index contributed by atoms with van der Waals surface area (Å²) >= 11 is 5.61. The van der Waals surface area contributed by atoms with E-state index in [0.29, 0.717) is 10.9 Å². The van der Waals surface area contributed by atoms with Gasteiger partial charge in [-0.15, -0.1) is 24.0 Å². The van der Waals surface area contributed by atoms with Gasteiger partial charge in [-0.05, 0) is 23.1 Å². The van der Waals surface area contributed by atoms with E-state index in [1.807, 2.05) is 0 Å². The first-order chi connectivity index (χ1) is 6.24. The average Bonchev–Trinajstić information content (AvgIpc) is 2.56. The van der Waals surface area contributed by atoms with E-state index in [0.717, 1.165) is 9.60 Å². The Morgan fingerprint density at radius 1 is 1.46 bits per heavy atom. The predicted octanol–water partition coefficient (Wildman–Crippen LogP) is 2.82. The van der Waals surface area contributed by atoms with Gasteiger partial charge in [-0.1, -0.05) is 0 Å². The number of hydrogen-bond acceptors (Lipinski definition) is 3. The highest BCUT2D eigenvalue weighted by molar-refractivity contribution is 7.80. The molecule has 0 fully saturated rings. The molecule has 1 N–H and O–H groups in total. The van der Waals surface area contributed by atoms with Crippen molar-refractivity contribution in [1.82, 2.24) is 0 Å². The summed E-state index contributed by atoms with van der Waals surface area (Å²) in [6, 6.07) is 3.00. The number of halogens is 1. The number of aliphatic hydroxyl groups is 1. The number of thiol groups is 1. The van der Waals surface area contributed by atoms with E-state index in [4.69, 9.17) is 5.11 Å². The summed E-state index contributed by atoms with van der Waals surface area (Å²) in [7, 11) is 0. The van der Waals surface area contributed by atoms with Crippen molar-refractivity contribution >= 4 is 34.1 Å². The summed E-state index contributed by atoms with van der Waals surface area (Å²) in [5.74, 6) is -0.293. The van der Waals surface area contributed by atoms with Crippen LogP contribution in [0.1, 0.15) is 5.56 Å².